The molecule has 1 N–H and O–H groups in total. The number of aromatic carboxylic acids is 1. The van der Waals surface area contributed by atoms with Crippen LogP contribution in [0.15, 0.2) is 18.2 Å². The van der Waals surface area contributed by atoms with E-state index in [0.29, 0.717) is 4.88 Å². The molecule has 1 heterocycles. The van der Waals surface area contributed by atoms with Gasteiger partial charge in [-0.15, -0.1) is 11.3 Å². The largest absolute Gasteiger partial charge is 0.477 e. The molecule has 0 radical (unpaired) electrons. The summed E-state index contributed by atoms with van der Waals surface area (Å²) in [5.41, 5.74) is 1.17. The Kier molecular flexibility index (Phi) is 2.48. The summed E-state index contributed by atoms with van der Waals surface area (Å²) in [6.07, 6.45) is 0. The van der Waals surface area contributed by atoms with Crippen LogP contribution in [0.2, 0.25) is 0 Å². The second kappa shape index (κ2) is 3.51. The van der Waals surface area contributed by atoms with Crippen molar-refractivity contribution in [3.8, 4) is 0 Å². The van der Waals surface area contributed by atoms with Gasteiger partial charge in [0, 0.05) is 8.27 Å². The Labute approximate surface area is 98.7 Å². The molecule has 0 bridgehead atoms. The van der Waals surface area contributed by atoms with Crippen molar-refractivity contribution in [2.45, 2.75) is 6.92 Å². The van der Waals surface area contributed by atoms with Gasteiger partial charge < -0.3 is 5.11 Å². The lowest BCUT2D eigenvalue weighted by Crippen LogP contribution is -1.89. The van der Waals surface area contributed by atoms with Crippen molar-refractivity contribution < 1.29 is 9.90 Å². The van der Waals surface area contributed by atoms with E-state index in [1.807, 2.05) is 19.1 Å². The summed E-state index contributed by atoms with van der Waals surface area (Å²) in [5.74, 6) is -0.847. The normalized spacial score (nSPS) is 10.7. The van der Waals surface area contributed by atoms with Crippen LogP contribution >= 0.6 is 33.9 Å². The molecule has 0 saturated heterocycles. The van der Waals surface area contributed by atoms with Gasteiger partial charge in [-0.2, -0.15) is 0 Å². The number of benzene rings is 1. The van der Waals surface area contributed by atoms with Gasteiger partial charge in [0.2, 0.25) is 0 Å². The number of thiophene rings is 1. The average Bonchev–Trinajstić information content (AvgIpc) is 2.56. The molecule has 0 aliphatic carbocycles. The van der Waals surface area contributed by atoms with E-state index < -0.39 is 5.97 Å². The van der Waals surface area contributed by atoms with Crippen LogP contribution in [0.1, 0.15) is 15.2 Å². The minimum atomic E-state index is -0.847. The number of hydrogen-bond acceptors (Lipinski definition) is 2. The Bertz CT molecular complexity index is 516. The number of halogens is 1. The number of carbonyl (C=O) groups is 1. The molecule has 1 aromatic carbocycles. The maximum absolute atomic E-state index is 10.8. The zero-order valence-corrected chi connectivity index (χ0v) is 10.3. The fraction of sp³-hybridized carbons (Fsp3) is 0.100. The Morgan fingerprint density at radius 3 is 2.86 bits per heavy atom. The van der Waals surface area contributed by atoms with Crippen molar-refractivity contribution in [1.82, 2.24) is 0 Å². The zero-order chi connectivity index (χ0) is 10.3. The highest BCUT2D eigenvalue weighted by Crippen LogP contribution is 2.30. The highest BCUT2D eigenvalue weighted by atomic mass is 127. The number of carboxylic acid groups (broad SMARTS) is 1. The first-order valence-electron chi connectivity index (χ1n) is 4.01. The van der Waals surface area contributed by atoms with Gasteiger partial charge in [-0.1, -0.05) is 6.07 Å². The van der Waals surface area contributed by atoms with Crippen molar-refractivity contribution >= 4 is 50.0 Å². The van der Waals surface area contributed by atoms with E-state index in [2.05, 4.69) is 22.6 Å². The molecule has 0 atom stereocenters. The summed E-state index contributed by atoms with van der Waals surface area (Å²) < 4.78 is 2.25. The molecule has 0 aliphatic rings. The van der Waals surface area contributed by atoms with Gasteiger partial charge in [0.05, 0.1) is 0 Å². The lowest BCUT2D eigenvalue weighted by Gasteiger charge is -1.97. The van der Waals surface area contributed by atoms with Gasteiger partial charge in [0.1, 0.15) is 4.88 Å². The van der Waals surface area contributed by atoms with E-state index in [1.165, 1.54) is 20.5 Å². The highest BCUT2D eigenvalue weighted by molar-refractivity contribution is 14.1. The third-order valence-electron chi connectivity index (χ3n) is 2.08. The molecule has 0 fully saturated rings. The van der Waals surface area contributed by atoms with E-state index in [9.17, 15) is 4.79 Å². The number of rotatable bonds is 1. The van der Waals surface area contributed by atoms with Gasteiger partial charge in [-0.25, -0.2) is 4.79 Å². The van der Waals surface area contributed by atoms with Gasteiger partial charge in [0.25, 0.3) is 0 Å². The summed E-state index contributed by atoms with van der Waals surface area (Å²) in [4.78, 5) is 11.2. The molecular formula is C10H7IO2S. The lowest BCUT2D eigenvalue weighted by molar-refractivity contribution is 0.0702. The predicted molar refractivity (Wildman–Crippen MR) is 66.2 cm³/mol. The van der Waals surface area contributed by atoms with Crippen LogP contribution in [0.25, 0.3) is 10.1 Å². The molecule has 0 unspecified atom stereocenters. The summed E-state index contributed by atoms with van der Waals surface area (Å²) in [7, 11) is 0. The van der Waals surface area contributed by atoms with E-state index in [1.54, 1.807) is 6.07 Å². The van der Waals surface area contributed by atoms with Crippen LogP contribution in [0, 0.1) is 10.5 Å². The van der Waals surface area contributed by atoms with Crippen molar-refractivity contribution in [3.05, 3.63) is 32.2 Å². The van der Waals surface area contributed by atoms with Crippen LogP contribution in [-0.2, 0) is 0 Å². The summed E-state index contributed by atoms with van der Waals surface area (Å²) >= 11 is 3.60. The minimum Gasteiger partial charge on any atom is -0.477 e. The maximum atomic E-state index is 10.8. The van der Waals surface area contributed by atoms with Crippen LogP contribution in [-0.4, -0.2) is 11.1 Å². The number of hydrogen-bond donors (Lipinski definition) is 1. The molecule has 2 aromatic rings. The summed E-state index contributed by atoms with van der Waals surface area (Å²) in [6, 6.07) is 5.70. The van der Waals surface area contributed by atoms with Crippen molar-refractivity contribution in [2.75, 3.05) is 0 Å². The van der Waals surface area contributed by atoms with Crippen molar-refractivity contribution in [3.63, 3.8) is 0 Å². The van der Waals surface area contributed by atoms with Gasteiger partial charge in [-0.05, 0) is 52.6 Å². The van der Waals surface area contributed by atoms with Gasteiger partial charge >= 0.3 is 5.97 Å². The first-order chi connectivity index (χ1) is 6.59. The number of aryl methyl sites for hydroxylation is 1. The highest BCUT2D eigenvalue weighted by Gasteiger charge is 2.10. The van der Waals surface area contributed by atoms with E-state index in [0.717, 1.165) is 10.1 Å². The maximum Gasteiger partial charge on any atom is 0.345 e. The van der Waals surface area contributed by atoms with Crippen LogP contribution in [0.3, 0.4) is 0 Å². The monoisotopic (exact) mass is 318 g/mol. The van der Waals surface area contributed by atoms with Crippen LogP contribution < -0.4 is 0 Å². The second-order valence-corrected chi connectivity index (χ2v) is 5.22. The van der Waals surface area contributed by atoms with Crippen molar-refractivity contribution in [1.29, 1.82) is 0 Å². The third kappa shape index (κ3) is 1.52. The molecule has 2 rings (SSSR count). The molecule has 0 amide bonds. The predicted octanol–water partition coefficient (Wildman–Crippen LogP) is 3.51. The zero-order valence-electron chi connectivity index (χ0n) is 7.37. The molecule has 72 valence electrons. The summed E-state index contributed by atoms with van der Waals surface area (Å²) in [5, 5.41) is 9.87. The first kappa shape index (κ1) is 9.92. The Balaban J connectivity index is 2.77. The summed E-state index contributed by atoms with van der Waals surface area (Å²) in [6.45, 7) is 2.02. The Hall–Kier alpha value is -0.620. The Morgan fingerprint density at radius 1 is 1.50 bits per heavy atom. The fourth-order valence-corrected chi connectivity index (χ4v) is 2.96. The smallest absolute Gasteiger partial charge is 0.345 e. The van der Waals surface area contributed by atoms with Gasteiger partial charge in [-0.3, -0.25) is 0 Å². The number of carboxylic acids is 1. The molecule has 1 aromatic heterocycles. The van der Waals surface area contributed by atoms with Crippen molar-refractivity contribution in [2.24, 2.45) is 0 Å². The van der Waals surface area contributed by atoms with E-state index >= 15 is 0 Å². The second-order valence-electron chi connectivity index (χ2n) is 3.01. The lowest BCUT2D eigenvalue weighted by atomic mass is 10.2. The quantitative estimate of drug-likeness (QED) is 0.817. The fourth-order valence-electron chi connectivity index (χ4n) is 1.32. The van der Waals surface area contributed by atoms with Gasteiger partial charge in [0.15, 0.2) is 0 Å². The van der Waals surface area contributed by atoms with Crippen LogP contribution in [0.5, 0.6) is 0 Å². The van der Waals surface area contributed by atoms with Crippen LogP contribution in [0.4, 0.5) is 0 Å². The average molecular weight is 318 g/mol. The molecule has 4 heteroatoms. The topological polar surface area (TPSA) is 37.3 Å². The number of fused-ring (bicyclic) bond motifs is 1. The standard InChI is InChI=1S/C10H7IO2S/c1-5-7(11)3-2-6-4-8(10(12)13)14-9(5)6/h2-4H,1H3,(H,12,13). The minimum absolute atomic E-state index is 0.408. The third-order valence-corrected chi connectivity index (χ3v) is 4.51. The first-order valence-corrected chi connectivity index (χ1v) is 5.91. The van der Waals surface area contributed by atoms with E-state index in [-0.39, 0.29) is 0 Å². The molecule has 0 spiro atoms. The molecular weight excluding hydrogens is 311 g/mol. The SMILES string of the molecule is Cc1c(I)ccc2cc(C(=O)O)sc12. The molecule has 0 aliphatic heterocycles. The molecule has 14 heavy (non-hydrogen) atoms. The molecule has 0 saturated carbocycles. The Morgan fingerprint density at radius 2 is 2.21 bits per heavy atom. The molecule has 2 nitrogen and oxygen atoms in total. The van der Waals surface area contributed by atoms with E-state index in [4.69, 9.17) is 5.11 Å².